The predicted octanol–water partition coefficient (Wildman–Crippen LogP) is 2.89. The van der Waals surface area contributed by atoms with Crippen LogP contribution in [0.15, 0.2) is 53.3 Å². The zero-order valence-corrected chi connectivity index (χ0v) is 19.4. The van der Waals surface area contributed by atoms with Gasteiger partial charge in [0.15, 0.2) is 11.5 Å². The number of hydrogen-bond acceptors (Lipinski definition) is 6. The SMILES string of the molecule is CCOC(=O)C1CCN(C(=O)C(C)OC(=O)Cn2c3ccccc3c(=O)c3ccccc32)CC1. The van der Waals surface area contributed by atoms with Gasteiger partial charge >= 0.3 is 11.9 Å². The number of aromatic nitrogens is 1. The van der Waals surface area contributed by atoms with Crippen LogP contribution in [0.5, 0.6) is 0 Å². The lowest BCUT2D eigenvalue weighted by molar-refractivity contribution is -0.161. The highest BCUT2D eigenvalue weighted by atomic mass is 16.5. The van der Waals surface area contributed by atoms with Crippen LogP contribution in [0.4, 0.5) is 0 Å². The van der Waals surface area contributed by atoms with Gasteiger partial charge in [-0.3, -0.25) is 19.2 Å². The zero-order chi connectivity index (χ0) is 24.2. The number of benzene rings is 2. The molecule has 178 valence electrons. The van der Waals surface area contributed by atoms with Crippen molar-refractivity contribution in [1.29, 1.82) is 0 Å². The van der Waals surface area contributed by atoms with Crippen LogP contribution in [0.3, 0.4) is 0 Å². The number of piperidine rings is 1. The van der Waals surface area contributed by atoms with Gasteiger partial charge in [0.2, 0.25) is 0 Å². The van der Waals surface area contributed by atoms with E-state index in [1.807, 2.05) is 12.1 Å². The minimum Gasteiger partial charge on any atom is -0.466 e. The second kappa shape index (κ2) is 10.1. The van der Waals surface area contributed by atoms with E-state index in [2.05, 4.69) is 0 Å². The van der Waals surface area contributed by atoms with Gasteiger partial charge in [0.25, 0.3) is 5.91 Å². The van der Waals surface area contributed by atoms with Crippen LogP contribution in [0.25, 0.3) is 21.8 Å². The van der Waals surface area contributed by atoms with E-state index in [1.165, 1.54) is 0 Å². The Balaban J connectivity index is 1.46. The standard InChI is InChI=1S/C26H28N2O6/c1-3-33-26(32)18-12-14-27(15-13-18)25(31)17(2)34-23(29)16-28-21-10-6-4-8-19(21)24(30)20-9-5-7-11-22(20)28/h4-11,17-18H,3,12-16H2,1-2H3. The topological polar surface area (TPSA) is 94.9 Å². The second-order valence-corrected chi connectivity index (χ2v) is 8.43. The highest BCUT2D eigenvalue weighted by Crippen LogP contribution is 2.21. The van der Waals surface area contributed by atoms with Gasteiger partial charge in [0.1, 0.15) is 6.54 Å². The molecule has 1 saturated heterocycles. The number of hydrogen-bond donors (Lipinski definition) is 0. The third kappa shape index (κ3) is 4.66. The van der Waals surface area contributed by atoms with Gasteiger partial charge in [-0.2, -0.15) is 0 Å². The largest absolute Gasteiger partial charge is 0.466 e. The van der Waals surface area contributed by atoms with Crippen LogP contribution in [0.2, 0.25) is 0 Å². The molecule has 0 radical (unpaired) electrons. The minimum atomic E-state index is -0.955. The summed E-state index contributed by atoms with van der Waals surface area (Å²) in [4.78, 5) is 52.1. The van der Waals surface area contributed by atoms with Crippen LogP contribution < -0.4 is 5.43 Å². The van der Waals surface area contributed by atoms with E-state index >= 15 is 0 Å². The lowest BCUT2D eigenvalue weighted by Gasteiger charge is -2.32. The number of carbonyl (C=O) groups is 3. The van der Waals surface area contributed by atoms with Crippen LogP contribution in [-0.4, -0.2) is 53.1 Å². The fourth-order valence-corrected chi connectivity index (χ4v) is 4.51. The molecule has 0 bridgehead atoms. The molecule has 4 rings (SSSR count). The molecule has 0 aliphatic carbocycles. The summed E-state index contributed by atoms with van der Waals surface area (Å²) in [5.74, 6) is -1.29. The number of fused-ring (bicyclic) bond motifs is 2. The average molecular weight is 465 g/mol. The van der Waals surface area contributed by atoms with Gasteiger partial charge in [-0.1, -0.05) is 24.3 Å². The molecule has 0 N–H and O–H groups in total. The Morgan fingerprint density at radius 2 is 1.53 bits per heavy atom. The molecule has 1 atom stereocenters. The molecular formula is C26H28N2O6. The smallest absolute Gasteiger partial charge is 0.326 e. The van der Waals surface area contributed by atoms with Crippen LogP contribution >= 0.6 is 0 Å². The Kier molecular flexibility index (Phi) is 6.95. The molecule has 3 aromatic rings. The van der Waals surface area contributed by atoms with E-state index in [0.717, 1.165) is 0 Å². The maximum absolute atomic E-state index is 12.9. The first-order valence-corrected chi connectivity index (χ1v) is 11.6. The van der Waals surface area contributed by atoms with E-state index < -0.39 is 12.1 Å². The number of ether oxygens (including phenoxy) is 2. The van der Waals surface area contributed by atoms with Crippen molar-refractivity contribution in [2.45, 2.75) is 39.3 Å². The van der Waals surface area contributed by atoms with Gasteiger partial charge < -0.3 is 18.9 Å². The van der Waals surface area contributed by atoms with Crippen LogP contribution in [0, 0.1) is 5.92 Å². The van der Waals surface area contributed by atoms with Crippen molar-refractivity contribution < 1.29 is 23.9 Å². The number of nitrogens with zero attached hydrogens (tertiary/aromatic N) is 2. The number of rotatable bonds is 6. The molecule has 1 unspecified atom stereocenters. The average Bonchev–Trinajstić information content (AvgIpc) is 2.86. The Hall–Kier alpha value is -3.68. The van der Waals surface area contributed by atoms with Crippen LogP contribution in [0.1, 0.15) is 26.7 Å². The summed E-state index contributed by atoms with van der Waals surface area (Å²) in [5.41, 5.74) is 1.16. The lowest BCUT2D eigenvalue weighted by Crippen LogP contribution is -2.45. The zero-order valence-electron chi connectivity index (χ0n) is 19.4. The quantitative estimate of drug-likeness (QED) is 0.411. The molecule has 2 aromatic carbocycles. The van der Waals surface area contributed by atoms with E-state index in [0.29, 0.717) is 54.3 Å². The third-order valence-corrected chi connectivity index (χ3v) is 6.25. The Morgan fingerprint density at radius 1 is 0.971 bits per heavy atom. The Labute approximate surface area is 197 Å². The number of amides is 1. The molecule has 0 saturated carbocycles. The summed E-state index contributed by atoms with van der Waals surface area (Å²) in [7, 11) is 0. The number of para-hydroxylation sites is 2. The van der Waals surface area contributed by atoms with Crippen molar-refractivity contribution in [3.63, 3.8) is 0 Å². The first kappa shape index (κ1) is 23.5. The minimum absolute atomic E-state index is 0.0921. The summed E-state index contributed by atoms with van der Waals surface area (Å²) in [6.45, 7) is 4.36. The molecule has 8 nitrogen and oxygen atoms in total. The molecule has 1 aliphatic rings. The van der Waals surface area contributed by atoms with Gasteiger partial charge in [-0.25, -0.2) is 0 Å². The van der Waals surface area contributed by atoms with E-state index in [-0.39, 0.29) is 29.8 Å². The fraction of sp³-hybridized carbons (Fsp3) is 0.385. The van der Waals surface area contributed by atoms with Gasteiger partial charge in [-0.05, 0) is 51.0 Å². The van der Waals surface area contributed by atoms with E-state index in [9.17, 15) is 19.2 Å². The summed E-state index contributed by atoms with van der Waals surface area (Å²) in [6.07, 6.45) is 0.102. The number of likely N-dealkylation sites (tertiary alicyclic amines) is 1. The maximum Gasteiger partial charge on any atom is 0.326 e. The van der Waals surface area contributed by atoms with Crippen LogP contribution in [-0.2, 0) is 30.4 Å². The normalized spacial score (nSPS) is 15.3. The predicted molar refractivity (Wildman–Crippen MR) is 127 cm³/mol. The molecule has 1 fully saturated rings. The molecule has 1 aromatic heterocycles. The summed E-state index contributed by atoms with van der Waals surface area (Å²) < 4.78 is 12.3. The van der Waals surface area contributed by atoms with Gasteiger partial charge in [-0.15, -0.1) is 0 Å². The number of esters is 2. The van der Waals surface area contributed by atoms with Crippen molar-refractivity contribution >= 4 is 39.7 Å². The molecule has 1 aliphatic heterocycles. The Morgan fingerprint density at radius 3 is 2.09 bits per heavy atom. The van der Waals surface area contributed by atoms with Crippen molar-refractivity contribution in [1.82, 2.24) is 9.47 Å². The molecule has 8 heteroatoms. The lowest BCUT2D eigenvalue weighted by atomic mass is 9.97. The monoisotopic (exact) mass is 464 g/mol. The highest BCUT2D eigenvalue weighted by molar-refractivity contribution is 5.94. The van der Waals surface area contributed by atoms with Gasteiger partial charge in [0, 0.05) is 23.9 Å². The molecule has 1 amide bonds. The Bertz CT molecular complexity index is 1230. The molecular weight excluding hydrogens is 436 g/mol. The fourth-order valence-electron chi connectivity index (χ4n) is 4.51. The third-order valence-electron chi connectivity index (χ3n) is 6.25. The maximum atomic E-state index is 12.9. The highest BCUT2D eigenvalue weighted by Gasteiger charge is 2.31. The first-order valence-electron chi connectivity index (χ1n) is 11.6. The summed E-state index contributed by atoms with van der Waals surface area (Å²) >= 11 is 0. The molecule has 34 heavy (non-hydrogen) atoms. The number of carbonyl (C=O) groups excluding carboxylic acids is 3. The van der Waals surface area contributed by atoms with Crippen molar-refractivity contribution in [3.05, 3.63) is 58.8 Å². The van der Waals surface area contributed by atoms with Gasteiger partial charge in [0.05, 0.1) is 23.6 Å². The molecule has 0 spiro atoms. The summed E-state index contributed by atoms with van der Waals surface area (Å²) in [6, 6.07) is 14.2. The van der Waals surface area contributed by atoms with E-state index in [1.54, 1.807) is 59.7 Å². The first-order chi connectivity index (χ1) is 16.4. The second-order valence-electron chi connectivity index (χ2n) is 8.43. The van der Waals surface area contributed by atoms with Crippen molar-refractivity contribution in [3.8, 4) is 0 Å². The number of pyridine rings is 1. The summed E-state index contributed by atoms with van der Waals surface area (Å²) in [5, 5.41) is 1.03. The van der Waals surface area contributed by atoms with Crippen molar-refractivity contribution in [2.24, 2.45) is 5.92 Å². The van der Waals surface area contributed by atoms with E-state index in [4.69, 9.17) is 9.47 Å². The molecule has 2 heterocycles. The van der Waals surface area contributed by atoms with Crippen molar-refractivity contribution in [2.75, 3.05) is 19.7 Å².